The van der Waals surface area contributed by atoms with E-state index in [0.29, 0.717) is 6.04 Å². The number of nitrogens with one attached hydrogen (secondary N) is 2. The molecule has 1 aromatic heterocycles. The van der Waals surface area contributed by atoms with E-state index in [0.717, 1.165) is 35.8 Å². The topological polar surface area (TPSA) is 49.9 Å². The number of nitrogens with zero attached hydrogens (tertiary/aromatic N) is 1. The van der Waals surface area contributed by atoms with Gasteiger partial charge in [0.1, 0.15) is 18.2 Å². The number of fused-ring (bicyclic) bond motifs is 1. The van der Waals surface area contributed by atoms with Gasteiger partial charge in [-0.3, -0.25) is 0 Å². The van der Waals surface area contributed by atoms with Crippen molar-refractivity contribution < 1.29 is 4.74 Å². The number of hydrogen-bond donors (Lipinski definition) is 2. The normalized spacial score (nSPS) is 19.9. The van der Waals surface area contributed by atoms with Gasteiger partial charge < -0.3 is 15.0 Å². The van der Waals surface area contributed by atoms with Crippen molar-refractivity contribution in [1.29, 1.82) is 0 Å². The number of benzene rings is 1. The lowest BCUT2D eigenvalue weighted by molar-refractivity contribution is 0.277. The van der Waals surface area contributed by atoms with Crippen LogP contribution < -0.4 is 10.1 Å². The minimum atomic E-state index is 0.509. The van der Waals surface area contributed by atoms with E-state index >= 15 is 0 Å². The quantitative estimate of drug-likeness (QED) is 0.849. The van der Waals surface area contributed by atoms with E-state index in [-0.39, 0.29) is 0 Å². The molecule has 1 aliphatic rings. The summed E-state index contributed by atoms with van der Waals surface area (Å²) in [6, 6.07) is 6.51. The Hall–Kier alpha value is -1.55. The van der Waals surface area contributed by atoms with Crippen LogP contribution >= 0.6 is 0 Å². The first-order chi connectivity index (χ1) is 8.31. The van der Waals surface area contributed by atoms with Crippen LogP contribution in [0.25, 0.3) is 11.0 Å². The molecule has 0 bridgehead atoms. The summed E-state index contributed by atoms with van der Waals surface area (Å²) in [6.07, 6.45) is 2.47. The van der Waals surface area contributed by atoms with Gasteiger partial charge in [0, 0.05) is 12.1 Å². The van der Waals surface area contributed by atoms with E-state index in [1.54, 1.807) is 0 Å². The SMILES string of the molecule is Cc1nc2ccc(OCC3CCCN3)cc2[nH]1. The highest BCUT2D eigenvalue weighted by molar-refractivity contribution is 5.76. The molecule has 0 radical (unpaired) electrons. The van der Waals surface area contributed by atoms with Gasteiger partial charge in [0.05, 0.1) is 11.0 Å². The van der Waals surface area contributed by atoms with Crippen molar-refractivity contribution in [2.45, 2.75) is 25.8 Å². The lowest BCUT2D eigenvalue weighted by atomic mass is 10.2. The summed E-state index contributed by atoms with van der Waals surface area (Å²) in [7, 11) is 0. The standard InChI is InChI=1S/C13H17N3O/c1-9-15-12-5-4-11(7-13(12)16-9)17-8-10-3-2-6-14-10/h4-5,7,10,14H,2-3,6,8H2,1H3,(H,15,16). The number of aromatic nitrogens is 2. The van der Waals surface area contributed by atoms with E-state index in [2.05, 4.69) is 15.3 Å². The fourth-order valence-corrected chi connectivity index (χ4v) is 2.30. The van der Waals surface area contributed by atoms with E-state index < -0.39 is 0 Å². The van der Waals surface area contributed by atoms with Crippen molar-refractivity contribution >= 4 is 11.0 Å². The molecule has 1 atom stereocenters. The Balaban J connectivity index is 1.71. The summed E-state index contributed by atoms with van der Waals surface area (Å²) < 4.78 is 5.80. The van der Waals surface area contributed by atoms with Crippen LogP contribution in [-0.4, -0.2) is 29.2 Å². The molecule has 1 saturated heterocycles. The molecule has 1 aromatic carbocycles. The first-order valence-corrected chi connectivity index (χ1v) is 6.14. The number of rotatable bonds is 3. The molecule has 4 heteroatoms. The monoisotopic (exact) mass is 231 g/mol. The van der Waals surface area contributed by atoms with Crippen LogP contribution in [0.2, 0.25) is 0 Å². The predicted molar refractivity (Wildman–Crippen MR) is 67.4 cm³/mol. The average molecular weight is 231 g/mol. The second-order valence-electron chi connectivity index (χ2n) is 4.61. The summed E-state index contributed by atoms with van der Waals surface area (Å²) in [5.74, 6) is 1.85. The Morgan fingerprint density at radius 2 is 2.41 bits per heavy atom. The van der Waals surface area contributed by atoms with Crippen LogP contribution in [0.5, 0.6) is 5.75 Å². The summed E-state index contributed by atoms with van der Waals surface area (Å²) in [5.41, 5.74) is 2.04. The van der Waals surface area contributed by atoms with Crippen LogP contribution in [0.3, 0.4) is 0 Å². The van der Waals surface area contributed by atoms with Gasteiger partial charge >= 0.3 is 0 Å². The maximum absolute atomic E-state index is 5.80. The smallest absolute Gasteiger partial charge is 0.121 e. The van der Waals surface area contributed by atoms with E-state index in [1.165, 1.54) is 12.8 Å². The highest BCUT2D eigenvalue weighted by Crippen LogP contribution is 2.19. The summed E-state index contributed by atoms with van der Waals surface area (Å²) in [5, 5.41) is 3.42. The van der Waals surface area contributed by atoms with E-state index in [1.807, 2.05) is 25.1 Å². The highest BCUT2D eigenvalue weighted by Gasteiger charge is 2.14. The second-order valence-corrected chi connectivity index (χ2v) is 4.61. The van der Waals surface area contributed by atoms with Crippen LogP contribution in [0.4, 0.5) is 0 Å². The van der Waals surface area contributed by atoms with Crippen molar-refractivity contribution in [1.82, 2.24) is 15.3 Å². The molecular formula is C13H17N3O. The molecule has 90 valence electrons. The molecule has 0 amide bonds. The van der Waals surface area contributed by atoms with Gasteiger partial charge in [0.15, 0.2) is 0 Å². The number of aromatic amines is 1. The molecule has 2 aromatic rings. The number of H-pyrrole nitrogens is 1. The molecule has 1 aliphatic heterocycles. The molecular weight excluding hydrogens is 214 g/mol. The summed E-state index contributed by atoms with van der Waals surface area (Å²) in [4.78, 5) is 7.59. The molecule has 4 nitrogen and oxygen atoms in total. The predicted octanol–water partition coefficient (Wildman–Crippen LogP) is 2.00. The molecule has 2 N–H and O–H groups in total. The van der Waals surface area contributed by atoms with Crippen LogP contribution in [-0.2, 0) is 0 Å². The van der Waals surface area contributed by atoms with Gasteiger partial charge in [0.25, 0.3) is 0 Å². The largest absolute Gasteiger partial charge is 0.492 e. The second kappa shape index (κ2) is 4.37. The van der Waals surface area contributed by atoms with Crippen molar-refractivity contribution in [3.05, 3.63) is 24.0 Å². The lowest BCUT2D eigenvalue weighted by Crippen LogP contribution is -2.28. The number of imidazole rings is 1. The Morgan fingerprint density at radius 1 is 1.47 bits per heavy atom. The zero-order chi connectivity index (χ0) is 11.7. The van der Waals surface area contributed by atoms with Crippen molar-refractivity contribution in [3.63, 3.8) is 0 Å². The first kappa shape index (κ1) is 10.6. The lowest BCUT2D eigenvalue weighted by Gasteiger charge is -2.11. The van der Waals surface area contributed by atoms with E-state index in [4.69, 9.17) is 4.74 Å². The maximum atomic E-state index is 5.80. The third-order valence-corrected chi connectivity index (χ3v) is 3.19. The summed E-state index contributed by atoms with van der Waals surface area (Å²) in [6.45, 7) is 3.83. The molecule has 0 aliphatic carbocycles. The fraction of sp³-hybridized carbons (Fsp3) is 0.462. The van der Waals surface area contributed by atoms with Crippen LogP contribution in [0, 0.1) is 6.92 Å². The molecule has 0 saturated carbocycles. The third kappa shape index (κ3) is 2.26. The average Bonchev–Trinajstić information content (AvgIpc) is 2.92. The first-order valence-electron chi connectivity index (χ1n) is 6.14. The molecule has 2 heterocycles. The van der Waals surface area contributed by atoms with Gasteiger partial charge in [-0.2, -0.15) is 0 Å². The summed E-state index contributed by atoms with van der Waals surface area (Å²) >= 11 is 0. The zero-order valence-corrected chi connectivity index (χ0v) is 9.99. The Kier molecular flexibility index (Phi) is 2.73. The Morgan fingerprint density at radius 3 is 3.24 bits per heavy atom. The highest BCUT2D eigenvalue weighted by atomic mass is 16.5. The number of ether oxygens (including phenoxy) is 1. The van der Waals surface area contributed by atoms with E-state index in [9.17, 15) is 0 Å². The third-order valence-electron chi connectivity index (χ3n) is 3.19. The van der Waals surface area contributed by atoms with Gasteiger partial charge in [-0.05, 0) is 38.4 Å². The maximum Gasteiger partial charge on any atom is 0.121 e. The number of aryl methyl sites for hydroxylation is 1. The van der Waals surface area contributed by atoms with Gasteiger partial charge in [0.2, 0.25) is 0 Å². The molecule has 17 heavy (non-hydrogen) atoms. The van der Waals surface area contributed by atoms with Crippen molar-refractivity contribution in [2.24, 2.45) is 0 Å². The van der Waals surface area contributed by atoms with Crippen molar-refractivity contribution in [3.8, 4) is 5.75 Å². The van der Waals surface area contributed by atoms with Gasteiger partial charge in [-0.1, -0.05) is 0 Å². The Bertz CT molecular complexity index is 514. The van der Waals surface area contributed by atoms with Gasteiger partial charge in [-0.25, -0.2) is 4.98 Å². The zero-order valence-electron chi connectivity index (χ0n) is 9.99. The van der Waals surface area contributed by atoms with Crippen LogP contribution in [0.1, 0.15) is 18.7 Å². The van der Waals surface area contributed by atoms with Crippen molar-refractivity contribution in [2.75, 3.05) is 13.2 Å². The fourth-order valence-electron chi connectivity index (χ4n) is 2.30. The molecule has 1 fully saturated rings. The van der Waals surface area contributed by atoms with Gasteiger partial charge in [-0.15, -0.1) is 0 Å². The molecule has 0 spiro atoms. The van der Waals surface area contributed by atoms with Crippen LogP contribution in [0.15, 0.2) is 18.2 Å². The minimum absolute atomic E-state index is 0.509. The molecule has 1 unspecified atom stereocenters. The molecule has 3 rings (SSSR count). The number of hydrogen-bond acceptors (Lipinski definition) is 3. The Labute approximate surface area is 100 Å². The minimum Gasteiger partial charge on any atom is -0.492 e.